The quantitative estimate of drug-likeness (QED) is 0.484. The molecule has 0 saturated heterocycles. The molecule has 0 aliphatic heterocycles. The number of methoxy groups -OCH3 is 2. The minimum absolute atomic E-state index is 0.263. The zero-order valence-electron chi connectivity index (χ0n) is 8.95. The summed E-state index contributed by atoms with van der Waals surface area (Å²) >= 11 is 3.28. The summed E-state index contributed by atoms with van der Waals surface area (Å²) in [6.45, 7) is 0. The molecule has 0 atom stereocenters. The van der Waals surface area contributed by atoms with Gasteiger partial charge in [-0.05, 0) is 28.1 Å². The summed E-state index contributed by atoms with van der Waals surface area (Å²) in [7, 11) is 2.76. The Morgan fingerprint density at radius 3 is 2.56 bits per heavy atom. The molecular formula is C11H11BrO4. The van der Waals surface area contributed by atoms with Gasteiger partial charge in [0.2, 0.25) is 0 Å². The average molecular weight is 287 g/mol. The van der Waals surface area contributed by atoms with Gasteiger partial charge in [-0.1, -0.05) is 6.07 Å². The number of hydrogen-bond donors (Lipinski definition) is 0. The lowest BCUT2D eigenvalue weighted by Crippen LogP contribution is -2.09. The van der Waals surface area contributed by atoms with Gasteiger partial charge in [0.15, 0.2) is 5.78 Å². The fraction of sp³-hybridized carbons (Fsp3) is 0.273. The molecule has 86 valence electrons. The van der Waals surface area contributed by atoms with E-state index in [1.807, 2.05) is 0 Å². The van der Waals surface area contributed by atoms with Gasteiger partial charge >= 0.3 is 5.97 Å². The summed E-state index contributed by atoms with van der Waals surface area (Å²) in [5, 5.41) is 0. The van der Waals surface area contributed by atoms with Crippen LogP contribution in [-0.2, 0) is 9.53 Å². The molecule has 1 aromatic carbocycles. The van der Waals surface area contributed by atoms with E-state index in [9.17, 15) is 9.59 Å². The number of ketones is 1. The minimum atomic E-state index is -0.549. The largest absolute Gasteiger partial charge is 0.496 e. The van der Waals surface area contributed by atoms with Crippen LogP contribution >= 0.6 is 15.9 Å². The first-order chi connectivity index (χ1) is 7.58. The maximum Gasteiger partial charge on any atom is 0.313 e. The van der Waals surface area contributed by atoms with Crippen molar-refractivity contribution in [2.75, 3.05) is 14.2 Å². The van der Waals surface area contributed by atoms with Gasteiger partial charge in [-0.2, -0.15) is 0 Å². The Morgan fingerprint density at radius 1 is 1.31 bits per heavy atom. The summed E-state index contributed by atoms with van der Waals surface area (Å²) in [4.78, 5) is 22.6. The third-order valence-corrected chi connectivity index (χ3v) is 2.66. The van der Waals surface area contributed by atoms with E-state index in [4.69, 9.17) is 4.74 Å². The highest BCUT2D eigenvalue weighted by Gasteiger charge is 2.13. The predicted molar refractivity (Wildman–Crippen MR) is 61.7 cm³/mol. The summed E-state index contributed by atoms with van der Waals surface area (Å²) in [5.41, 5.74) is 0.422. The summed E-state index contributed by atoms with van der Waals surface area (Å²) < 4.78 is 10.2. The zero-order valence-corrected chi connectivity index (χ0v) is 10.5. The molecule has 16 heavy (non-hydrogen) atoms. The van der Waals surface area contributed by atoms with Gasteiger partial charge in [0.05, 0.1) is 18.7 Å². The van der Waals surface area contributed by atoms with Gasteiger partial charge in [-0.15, -0.1) is 0 Å². The number of Topliss-reactive ketones (excluding diaryl/α,β-unsaturated/α-hetero) is 1. The molecular weight excluding hydrogens is 276 g/mol. The van der Waals surface area contributed by atoms with Crippen molar-refractivity contribution in [3.8, 4) is 5.75 Å². The van der Waals surface area contributed by atoms with Crippen LogP contribution in [0.2, 0.25) is 0 Å². The molecule has 0 aliphatic rings. The predicted octanol–water partition coefficient (Wildman–Crippen LogP) is 2.20. The highest BCUT2D eigenvalue weighted by molar-refractivity contribution is 9.10. The van der Waals surface area contributed by atoms with Crippen molar-refractivity contribution in [1.82, 2.24) is 0 Å². The van der Waals surface area contributed by atoms with Crippen molar-refractivity contribution >= 4 is 27.7 Å². The van der Waals surface area contributed by atoms with E-state index in [-0.39, 0.29) is 12.2 Å². The van der Waals surface area contributed by atoms with E-state index in [1.54, 1.807) is 18.2 Å². The fourth-order valence-electron chi connectivity index (χ4n) is 1.14. The van der Waals surface area contributed by atoms with Crippen molar-refractivity contribution < 1.29 is 19.1 Å². The Labute approximate surface area is 102 Å². The molecule has 0 aliphatic carbocycles. The van der Waals surface area contributed by atoms with Crippen LogP contribution in [0.5, 0.6) is 5.75 Å². The van der Waals surface area contributed by atoms with Crippen molar-refractivity contribution in [2.24, 2.45) is 0 Å². The topological polar surface area (TPSA) is 52.6 Å². The molecule has 0 aromatic heterocycles. The number of esters is 1. The Balaban J connectivity index is 2.88. The molecule has 0 radical (unpaired) electrons. The number of hydrogen-bond acceptors (Lipinski definition) is 4. The fourth-order valence-corrected chi connectivity index (χ4v) is 1.55. The number of halogens is 1. The summed E-state index contributed by atoms with van der Waals surface area (Å²) in [6.07, 6.45) is -0.263. The number of ether oxygens (including phenoxy) is 2. The van der Waals surface area contributed by atoms with Gasteiger partial charge in [-0.3, -0.25) is 9.59 Å². The first-order valence-corrected chi connectivity index (χ1v) is 5.31. The third kappa shape index (κ3) is 3.06. The number of rotatable bonds is 4. The number of carbonyl (C=O) groups excluding carboxylic acids is 2. The Bertz CT molecular complexity index is 414. The SMILES string of the molecule is COC(=O)CC(=O)c1ccc(Br)c(OC)c1. The molecule has 0 heterocycles. The van der Waals surface area contributed by atoms with Gasteiger partial charge in [0.1, 0.15) is 12.2 Å². The lowest BCUT2D eigenvalue weighted by atomic mass is 10.1. The average Bonchev–Trinajstić information content (AvgIpc) is 2.29. The Hall–Kier alpha value is -1.36. The highest BCUT2D eigenvalue weighted by atomic mass is 79.9. The van der Waals surface area contributed by atoms with E-state index in [0.29, 0.717) is 11.3 Å². The molecule has 0 unspecified atom stereocenters. The van der Waals surface area contributed by atoms with Crippen LogP contribution in [0.3, 0.4) is 0 Å². The molecule has 5 heteroatoms. The molecule has 0 amide bonds. The third-order valence-electron chi connectivity index (χ3n) is 2.01. The molecule has 1 aromatic rings. The second-order valence-corrected chi connectivity index (χ2v) is 3.88. The Kier molecular flexibility index (Phi) is 4.49. The van der Waals surface area contributed by atoms with E-state index < -0.39 is 5.97 Å². The van der Waals surface area contributed by atoms with E-state index in [2.05, 4.69) is 20.7 Å². The van der Waals surface area contributed by atoms with Crippen LogP contribution in [-0.4, -0.2) is 26.0 Å². The molecule has 0 spiro atoms. The van der Waals surface area contributed by atoms with Crippen LogP contribution in [0.25, 0.3) is 0 Å². The first kappa shape index (κ1) is 12.7. The van der Waals surface area contributed by atoms with Crippen LogP contribution in [0.15, 0.2) is 22.7 Å². The van der Waals surface area contributed by atoms with E-state index in [0.717, 1.165) is 4.47 Å². The summed E-state index contributed by atoms with van der Waals surface area (Å²) in [5.74, 6) is -0.291. The van der Waals surface area contributed by atoms with Gasteiger partial charge in [-0.25, -0.2) is 0 Å². The number of benzene rings is 1. The molecule has 1 rings (SSSR count). The van der Waals surface area contributed by atoms with Crippen LogP contribution in [0.1, 0.15) is 16.8 Å². The standard InChI is InChI=1S/C11H11BrO4/c1-15-10-5-7(3-4-8(10)12)9(13)6-11(14)16-2/h3-5H,6H2,1-2H3. The second-order valence-electron chi connectivity index (χ2n) is 3.03. The first-order valence-electron chi connectivity index (χ1n) is 4.52. The van der Waals surface area contributed by atoms with Crippen LogP contribution in [0.4, 0.5) is 0 Å². The van der Waals surface area contributed by atoms with Crippen LogP contribution < -0.4 is 4.74 Å². The summed E-state index contributed by atoms with van der Waals surface area (Å²) in [6, 6.07) is 4.90. The minimum Gasteiger partial charge on any atom is -0.496 e. The second kappa shape index (κ2) is 5.65. The van der Waals surface area contributed by atoms with Crippen molar-refractivity contribution in [1.29, 1.82) is 0 Å². The molecule has 0 saturated carbocycles. The van der Waals surface area contributed by atoms with Gasteiger partial charge < -0.3 is 9.47 Å². The van der Waals surface area contributed by atoms with Crippen molar-refractivity contribution in [3.63, 3.8) is 0 Å². The molecule has 0 N–H and O–H groups in total. The lowest BCUT2D eigenvalue weighted by Gasteiger charge is -2.05. The van der Waals surface area contributed by atoms with Gasteiger partial charge in [0, 0.05) is 5.56 Å². The lowest BCUT2D eigenvalue weighted by molar-refractivity contribution is -0.139. The number of carbonyl (C=O) groups is 2. The Morgan fingerprint density at radius 2 is 2.00 bits per heavy atom. The highest BCUT2D eigenvalue weighted by Crippen LogP contribution is 2.26. The molecule has 0 bridgehead atoms. The molecule has 0 fully saturated rings. The normalized spacial score (nSPS) is 9.69. The van der Waals surface area contributed by atoms with E-state index >= 15 is 0 Å². The van der Waals surface area contributed by atoms with Crippen molar-refractivity contribution in [2.45, 2.75) is 6.42 Å². The smallest absolute Gasteiger partial charge is 0.313 e. The monoisotopic (exact) mass is 286 g/mol. The zero-order chi connectivity index (χ0) is 12.1. The van der Waals surface area contributed by atoms with Crippen LogP contribution in [0, 0.1) is 0 Å². The van der Waals surface area contributed by atoms with Crippen molar-refractivity contribution in [3.05, 3.63) is 28.2 Å². The van der Waals surface area contributed by atoms with E-state index in [1.165, 1.54) is 14.2 Å². The molecule has 4 nitrogen and oxygen atoms in total. The maximum absolute atomic E-state index is 11.6. The maximum atomic E-state index is 11.6. The van der Waals surface area contributed by atoms with Gasteiger partial charge in [0.25, 0.3) is 0 Å².